The highest BCUT2D eigenvalue weighted by Gasteiger charge is 2.52. The van der Waals surface area contributed by atoms with Crippen molar-refractivity contribution in [2.24, 2.45) is 23.2 Å². The Morgan fingerprint density at radius 3 is 1.26 bits per heavy atom. The fraction of sp³-hybridized carbons (Fsp3) is 1.00. The van der Waals surface area contributed by atoms with Crippen LogP contribution in [0, 0.1) is 23.2 Å². The summed E-state index contributed by atoms with van der Waals surface area (Å²) in [5.41, 5.74) is -1.22. The van der Waals surface area contributed by atoms with Gasteiger partial charge >= 0.3 is 0 Å². The quantitative estimate of drug-likeness (QED) is 0.0365. The average molecular weight is 1220 g/mol. The summed E-state index contributed by atoms with van der Waals surface area (Å²) in [5.74, 6) is 0.623. The number of hydrogen-bond acceptors (Lipinski definition) is 25. The maximum atomic E-state index is 11.6. The first-order chi connectivity index (χ1) is 40.3. The predicted molar refractivity (Wildman–Crippen MR) is 302 cm³/mol. The van der Waals surface area contributed by atoms with E-state index in [0.717, 1.165) is 103 Å². The highest BCUT2D eigenvalue weighted by molar-refractivity contribution is 4.95. The molecule has 0 aromatic carbocycles. The molecule has 0 aliphatic carbocycles. The highest BCUT2D eigenvalue weighted by Crippen LogP contribution is 2.34. The summed E-state index contributed by atoms with van der Waals surface area (Å²) in [6, 6.07) is 0. The van der Waals surface area contributed by atoms with Gasteiger partial charge in [0.2, 0.25) is 0 Å². The first-order valence-corrected chi connectivity index (χ1v) is 31.5. The fourth-order valence-corrected chi connectivity index (χ4v) is 11.2. The van der Waals surface area contributed by atoms with Gasteiger partial charge in [-0.05, 0) is 37.5 Å². The molecule has 0 radical (unpaired) electrons. The Balaban J connectivity index is 1.56. The van der Waals surface area contributed by atoms with Gasteiger partial charge in [0.1, 0.15) is 79.4 Å². The first kappa shape index (κ1) is 75.5. The lowest BCUT2D eigenvalue weighted by atomic mass is 9.93. The molecule has 4 rings (SSSR count). The van der Waals surface area contributed by atoms with Crippen LogP contribution in [0.1, 0.15) is 150 Å². The highest BCUT2D eigenvalue weighted by atomic mass is 16.7. The van der Waals surface area contributed by atoms with Crippen LogP contribution in [0.3, 0.4) is 0 Å². The van der Waals surface area contributed by atoms with E-state index in [9.17, 15) is 71.5 Å². The third kappa shape index (κ3) is 24.3. The number of ether oxygens (including phenoxy) is 11. The maximum Gasteiger partial charge on any atom is 0.187 e. The van der Waals surface area contributed by atoms with Crippen molar-refractivity contribution in [2.75, 3.05) is 79.3 Å². The molecule has 0 spiro atoms. The number of aliphatic hydroxyl groups is 14. The summed E-state index contributed by atoms with van der Waals surface area (Å²) < 4.78 is 66.8. The Morgan fingerprint density at radius 1 is 0.393 bits per heavy atom. The van der Waals surface area contributed by atoms with E-state index in [-0.39, 0.29) is 38.8 Å². The van der Waals surface area contributed by atoms with Crippen molar-refractivity contribution in [2.45, 2.75) is 273 Å². The van der Waals surface area contributed by atoms with Gasteiger partial charge < -0.3 is 124 Å². The van der Waals surface area contributed by atoms with Crippen molar-refractivity contribution < 1.29 is 124 Å². The lowest BCUT2D eigenvalue weighted by Crippen LogP contribution is -2.64. The molecule has 4 fully saturated rings. The Bertz CT molecular complexity index is 1610. The summed E-state index contributed by atoms with van der Waals surface area (Å²) >= 11 is 0. The smallest absolute Gasteiger partial charge is 0.187 e. The number of rotatable bonds is 42. The summed E-state index contributed by atoms with van der Waals surface area (Å²) in [4.78, 5) is 0. The van der Waals surface area contributed by atoms with Crippen LogP contribution in [0.4, 0.5) is 0 Å². The Morgan fingerprint density at radius 2 is 0.810 bits per heavy atom. The van der Waals surface area contributed by atoms with Crippen molar-refractivity contribution >= 4 is 0 Å². The normalized spacial score (nSPS) is 35.2. The van der Waals surface area contributed by atoms with Crippen LogP contribution in [0.2, 0.25) is 0 Å². The van der Waals surface area contributed by atoms with E-state index in [4.69, 9.17) is 52.1 Å². The fourth-order valence-electron chi connectivity index (χ4n) is 11.2. The largest absolute Gasteiger partial charge is 0.394 e. The maximum absolute atomic E-state index is 11.6. The molecule has 0 aromatic rings. The lowest BCUT2D eigenvalue weighted by Gasteiger charge is -2.46. The molecule has 4 saturated heterocycles. The topological polar surface area (TPSA) is 385 Å². The van der Waals surface area contributed by atoms with Crippen molar-refractivity contribution in [3.8, 4) is 0 Å². The number of unbranched alkanes of at least 4 members (excludes halogenated alkanes) is 8. The van der Waals surface area contributed by atoms with Crippen LogP contribution in [0.25, 0.3) is 0 Å². The van der Waals surface area contributed by atoms with Gasteiger partial charge in [-0.15, -0.1) is 0 Å². The van der Waals surface area contributed by atoms with Gasteiger partial charge in [0.25, 0.3) is 0 Å². The van der Waals surface area contributed by atoms with E-state index in [2.05, 4.69) is 27.7 Å². The molecule has 25 nitrogen and oxygen atoms in total. The zero-order valence-electron chi connectivity index (χ0n) is 50.7. The summed E-state index contributed by atoms with van der Waals surface area (Å²) in [5, 5.41) is 149. The van der Waals surface area contributed by atoms with Gasteiger partial charge in [-0.3, -0.25) is 0 Å². The molecular weight excluding hydrogens is 1110 g/mol. The third-order valence-electron chi connectivity index (χ3n) is 16.6. The zero-order valence-corrected chi connectivity index (χ0v) is 50.7. The van der Waals surface area contributed by atoms with Crippen LogP contribution in [0.15, 0.2) is 0 Å². The van der Waals surface area contributed by atoms with E-state index in [1.165, 1.54) is 0 Å². The van der Waals surface area contributed by atoms with Crippen LogP contribution < -0.4 is 0 Å². The summed E-state index contributed by atoms with van der Waals surface area (Å²) in [6.07, 6.45) is -14.7. The third-order valence-corrected chi connectivity index (χ3v) is 16.6. The summed E-state index contributed by atoms with van der Waals surface area (Å²) in [6.45, 7) is 8.91. The molecule has 21 atom stereocenters. The molecule has 498 valence electrons. The van der Waals surface area contributed by atoms with Gasteiger partial charge in [0.05, 0.1) is 84.4 Å². The standard InChI is InChI=1S/C59H112O25/c1-6-10-14-18-36(19-15-11-7-2)28-74-30-38(31-75-29-37(20-16-12-8-3)21-17-13-9-4)32-76-33-59(5,35-78-56-53(73)50(70)54(45(27-63)83-56)84-58-52(72)49(69)47(67)44(26-62)82-58)34-77-55-41(65)23-40(64)42(22-39(24-60)79-55)80-57-51(71)48(68)46(66)43(25-61)81-57/h36-58,60-73H,6-35H2,1-5H3/t39?,40?,41?,42-,43?,44?,45?,46-,47-,48?,49+,50-,51+,52?,53?,54+,55-,56-,57+,58-,59?/m1/s1. The number of hydrogen-bond donors (Lipinski definition) is 14. The van der Waals surface area contributed by atoms with Gasteiger partial charge in [-0.2, -0.15) is 0 Å². The minimum atomic E-state index is -1.87. The van der Waals surface area contributed by atoms with Gasteiger partial charge in [0, 0.05) is 37.4 Å². The molecule has 4 aliphatic heterocycles. The van der Waals surface area contributed by atoms with Crippen LogP contribution >= 0.6 is 0 Å². The van der Waals surface area contributed by atoms with Crippen LogP contribution in [-0.4, -0.2) is 274 Å². The van der Waals surface area contributed by atoms with E-state index < -0.39 is 161 Å². The molecule has 84 heavy (non-hydrogen) atoms. The first-order valence-electron chi connectivity index (χ1n) is 31.5. The number of aliphatic hydroxyl groups excluding tert-OH is 14. The second-order valence-corrected chi connectivity index (χ2v) is 24.4. The van der Waals surface area contributed by atoms with Crippen LogP contribution in [0.5, 0.6) is 0 Å². The molecule has 0 amide bonds. The SMILES string of the molecule is CCCCCC(CCCCC)COCC(COCC(CCCCC)CCCCC)COCC(C)(CO[C@@H]1OC(CO)C[C@@H](O[C@H]2OC(CO)[C@@H](O)C(O)[C@@H]2O)C(O)CC1O)CO[C@@H]1OC(CO)[C@H](O[C@H]2OC(CO)[C@@H](O)[C@H](O)C2O)[C@H](O)C1O. The van der Waals surface area contributed by atoms with E-state index >= 15 is 0 Å². The average Bonchev–Trinajstić information content (AvgIpc) is 2.88. The second-order valence-electron chi connectivity index (χ2n) is 24.4. The second kappa shape index (κ2) is 40.7. The molecular formula is C59H112O25. The monoisotopic (exact) mass is 1220 g/mol. The molecule has 14 N–H and O–H groups in total. The zero-order chi connectivity index (χ0) is 61.8. The molecule has 10 unspecified atom stereocenters. The molecule has 0 saturated carbocycles. The summed E-state index contributed by atoms with van der Waals surface area (Å²) in [7, 11) is 0. The van der Waals surface area contributed by atoms with E-state index in [1.807, 2.05) is 0 Å². The Labute approximate surface area is 497 Å². The van der Waals surface area contributed by atoms with E-state index in [1.54, 1.807) is 6.92 Å². The predicted octanol–water partition coefficient (Wildman–Crippen LogP) is 0.274. The van der Waals surface area contributed by atoms with Crippen molar-refractivity contribution in [3.63, 3.8) is 0 Å². The Hall–Kier alpha value is -1.00. The minimum Gasteiger partial charge on any atom is -0.394 e. The molecule has 4 heterocycles. The van der Waals surface area contributed by atoms with Gasteiger partial charge in [0.15, 0.2) is 25.2 Å². The van der Waals surface area contributed by atoms with Gasteiger partial charge in [-0.1, -0.05) is 112 Å². The molecule has 0 bridgehead atoms. The van der Waals surface area contributed by atoms with Crippen molar-refractivity contribution in [1.29, 1.82) is 0 Å². The van der Waals surface area contributed by atoms with E-state index in [0.29, 0.717) is 38.3 Å². The minimum absolute atomic E-state index is 0.0989. The molecule has 25 heteroatoms. The van der Waals surface area contributed by atoms with Gasteiger partial charge in [-0.25, -0.2) is 0 Å². The lowest BCUT2D eigenvalue weighted by molar-refractivity contribution is -0.361. The van der Waals surface area contributed by atoms with Crippen molar-refractivity contribution in [1.82, 2.24) is 0 Å². The molecule has 0 aromatic heterocycles. The van der Waals surface area contributed by atoms with Crippen molar-refractivity contribution in [3.05, 3.63) is 0 Å². The molecule has 4 aliphatic rings. The van der Waals surface area contributed by atoms with Crippen LogP contribution in [-0.2, 0) is 52.1 Å². The Kier molecular flexibility index (Phi) is 36.5.